The molecule has 0 aromatic heterocycles. The van der Waals surface area contributed by atoms with Crippen LogP contribution in [0.15, 0.2) is 24.3 Å². The van der Waals surface area contributed by atoms with Gasteiger partial charge in [-0.05, 0) is 17.5 Å². The summed E-state index contributed by atoms with van der Waals surface area (Å²) in [5.74, 6) is 0.200. The molecule has 0 aliphatic carbocycles. The molecule has 0 fully saturated rings. The SMILES string of the molecule is CC(C)[C@H](C=O)c1ccccc1Cl. The summed E-state index contributed by atoms with van der Waals surface area (Å²) in [6, 6.07) is 7.49. The molecule has 0 amide bonds. The van der Waals surface area contributed by atoms with Crippen molar-refractivity contribution in [1.29, 1.82) is 0 Å². The van der Waals surface area contributed by atoms with Crippen LogP contribution in [0, 0.1) is 5.92 Å². The molecule has 0 saturated carbocycles. The van der Waals surface area contributed by atoms with Gasteiger partial charge < -0.3 is 4.79 Å². The summed E-state index contributed by atoms with van der Waals surface area (Å²) in [5, 5.41) is 0.674. The van der Waals surface area contributed by atoms with Crippen molar-refractivity contribution in [3.05, 3.63) is 34.9 Å². The standard InChI is InChI=1S/C11H13ClO/c1-8(2)10(7-13)9-5-3-4-6-11(9)12/h3-8,10H,1-2H3/t10-/m0/s1. The maximum absolute atomic E-state index is 10.8. The molecule has 0 aliphatic heterocycles. The van der Waals surface area contributed by atoms with Crippen LogP contribution < -0.4 is 0 Å². The van der Waals surface area contributed by atoms with E-state index in [1.807, 2.05) is 38.1 Å². The van der Waals surface area contributed by atoms with E-state index in [0.717, 1.165) is 11.8 Å². The first kappa shape index (κ1) is 10.3. The van der Waals surface area contributed by atoms with Gasteiger partial charge in [-0.25, -0.2) is 0 Å². The number of halogens is 1. The van der Waals surface area contributed by atoms with Crippen molar-refractivity contribution in [2.24, 2.45) is 5.92 Å². The maximum atomic E-state index is 10.8. The highest BCUT2D eigenvalue weighted by atomic mass is 35.5. The van der Waals surface area contributed by atoms with Crippen molar-refractivity contribution in [3.63, 3.8) is 0 Å². The highest BCUT2D eigenvalue weighted by Crippen LogP contribution is 2.28. The lowest BCUT2D eigenvalue weighted by atomic mass is 9.90. The number of carbonyl (C=O) groups excluding carboxylic acids is 1. The quantitative estimate of drug-likeness (QED) is 0.679. The van der Waals surface area contributed by atoms with Gasteiger partial charge in [0, 0.05) is 10.9 Å². The van der Waals surface area contributed by atoms with Crippen LogP contribution >= 0.6 is 11.6 Å². The minimum atomic E-state index is -0.0892. The van der Waals surface area contributed by atoms with Crippen LogP contribution in [-0.2, 0) is 4.79 Å². The molecule has 13 heavy (non-hydrogen) atoms. The van der Waals surface area contributed by atoms with Crippen molar-refractivity contribution >= 4 is 17.9 Å². The highest BCUT2D eigenvalue weighted by molar-refractivity contribution is 6.31. The van der Waals surface area contributed by atoms with Crippen LogP contribution in [0.2, 0.25) is 5.02 Å². The number of aldehydes is 1. The second kappa shape index (κ2) is 4.43. The van der Waals surface area contributed by atoms with E-state index in [9.17, 15) is 4.79 Å². The van der Waals surface area contributed by atoms with Crippen LogP contribution in [-0.4, -0.2) is 6.29 Å². The van der Waals surface area contributed by atoms with Gasteiger partial charge in [0.2, 0.25) is 0 Å². The molecule has 0 unspecified atom stereocenters. The number of carbonyl (C=O) groups is 1. The van der Waals surface area contributed by atoms with E-state index in [1.54, 1.807) is 0 Å². The van der Waals surface area contributed by atoms with E-state index in [1.165, 1.54) is 0 Å². The molecule has 1 aromatic rings. The molecule has 2 heteroatoms. The van der Waals surface area contributed by atoms with Gasteiger partial charge in [0.25, 0.3) is 0 Å². The Kier molecular flexibility index (Phi) is 3.49. The van der Waals surface area contributed by atoms with Gasteiger partial charge in [-0.15, -0.1) is 0 Å². The fourth-order valence-electron chi connectivity index (χ4n) is 1.33. The molecule has 0 saturated heterocycles. The normalized spacial score (nSPS) is 12.9. The second-order valence-electron chi connectivity index (χ2n) is 3.43. The summed E-state index contributed by atoms with van der Waals surface area (Å²) >= 11 is 5.98. The minimum absolute atomic E-state index is 0.0892. The Labute approximate surface area is 83.7 Å². The Balaban J connectivity index is 3.04. The van der Waals surface area contributed by atoms with E-state index in [0.29, 0.717) is 5.02 Å². The molecule has 0 bridgehead atoms. The average Bonchev–Trinajstić information content (AvgIpc) is 2.09. The first-order valence-electron chi connectivity index (χ1n) is 4.36. The third kappa shape index (κ3) is 2.31. The zero-order valence-corrected chi connectivity index (χ0v) is 8.58. The highest BCUT2D eigenvalue weighted by Gasteiger charge is 2.16. The van der Waals surface area contributed by atoms with Crippen LogP contribution in [0.4, 0.5) is 0 Å². The molecule has 0 spiro atoms. The van der Waals surface area contributed by atoms with E-state index in [4.69, 9.17) is 11.6 Å². The van der Waals surface area contributed by atoms with Gasteiger partial charge >= 0.3 is 0 Å². The van der Waals surface area contributed by atoms with Gasteiger partial charge in [0.15, 0.2) is 0 Å². The Morgan fingerprint density at radius 1 is 1.31 bits per heavy atom. The zero-order chi connectivity index (χ0) is 9.84. The van der Waals surface area contributed by atoms with Gasteiger partial charge in [-0.1, -0.05) is 43.6 Å². The topological polar surface area (TPSA) is 17.1 Å². The van der Waals surface area contributed by atoms with Gasteiger partial charge in [0.1, 0.15) is 6.29 Å². The molecule has 1 atom stereocenters. The first-order chi connectivity index (χ1) is 6.16. The summed E-state index contributed by atoms with van der Waals surface area (Å²) in [7, 11) is 0. The van der Waals surface area contributed by atoms with Gasteiger partial charge in [-0.3, -0.25) is 0 Å². The summed E-state index contributed by atoms with van der Waals surface area (Å²) < 4.78 is 0. The van der Waals surface area contributed by atoms with Crippen molar-refractivity contribution < 1.29 is 4.79 Å². The molecule has 0 heterocycles. The Morgan fingerprint density at radius 3 is 2.38 bits per heavy atom. The molecular weight excluding hydrogens is 184 g/mol. The van der Waals surface area contributed by atoms with Crippen molar-refractivity contribution in [2.45, 2.75) is 19.8 Å². The average molecular weight is 197 g/mol. The third-order valence-corrected chi connectivity index (χ3v) is 2.47. The molecule has 0 aliphatic rings. The molecule has 0 N–H and O–H groups in total. The summed E-state index contributed by atoms with van der Waals surface area (Å²) in [5.41, 5.74) is 0.925. The van der Waals surface area contributed by atoms with Crippen LogP contribution in [0.25, 0.3) is 0 Å². The molecule has 1 aromatic carbocycles. The Hall–Kier alpha value is -0.820. The van der Waals surface area contributed by atoms with Crippen molar-refractivity contribution in [3.8, 4) is 0 Å². The lowest BCUT2D eigenvalue weighted by molar-refractivity contribution is -0.109. The lowest BCUT2D eigenvalue weighted by Gasteiger charge is -2.15. The van der Waals surface area contributed by atoms with E-state index < -0.39 is 0 Å². The van der Waals surface area contributed by atoms with Crippen molar-refractivity contribution in [2.75, 3.05) is 0 Å². The smallest absolute Gasteiger partial charge is 0.127 e. The fraction of sp³-hybridized carbons (Fsp3) is 0.364. The van der Waals surface area contributed by atoms with Crippen molar-refractivity contribution in [1.82, 2.24) is 0 Å². The predicted molar refractivity (Wildman–Crippen MR) is 55.1 cm³/mol. The van der Waals surface area contributed by atoms with Gasteiger partial charge in [0.05, 0.1) is 0 Å². The number of hydrogen-bond donors (Lipinski definition) is 0. The summed E-state index contributed by atoms with van der Waals surface area (Å²) in [6.07, 6.45) is 0.964. The molecule has 1 nitrogen and oxygen atoms in total. The number of rotatable bonds is 3. The lowest BCUT2D eigenvalue weighted by Crippen LogP contribution is -2.08. The van der Waals surface area contributed by atoms with Gasteiger partial charge in [-0.2, -0.15) is 0 Å². The Morgan fingerprint density at radius 2 is 1.92 bits per heavy atom. The summed E-state index contributed by atoms with van der Waals surface area (Å²) in [6.45, 7) is 4.03. The molecule has 1 rings (SSSR count). The van der Waals surface area contributed by atoms with E-state index >= 15 is 0 Å². The van der Waals surface area contributed by atoms with E-state index in [-0.39, 0.29) is 11.8 Å². The van der Waals surface area contributed by atoms with Crippen LogP contribution in [0.5, 0.6) is 0 Å². The zero-order valence-electron chi connectivity index (χ0n) is 7.83. The third-order valence-electron chi connectivity index (χ3n) is 2.13. The first-order valence-corrected chi connectivity index (χ1v) is 4.74. The predicted octanol–water partition coefficient (Wildman–Crippen LogP) is 3.28. The number of benzene rings is 1. The maximum Gasteiger partial charge on any atom is 0.127 e. The van der Waals surface area contributed by atoms with Crippen LogP contribution in [0.3, 0.4) is 0 Å². The monoisotopic (exact) mass is 196 g/mol. The number of hydrogen-bond acceptors (Lipinski definition) is 1. The molecular formula is C11H13ClO. The van der Waals surface area contributed by atoms with E-state index in [2.05, 4.69) is 0 Å². The second-order valence-corrected chi connectivity index (χ2v) is 3.83. The molecule has 70 valence electrons. The minimum Gasteiger partial charge on any atom is -0.303 e. The van der Waals surface area contributed by atoms with Crippen LogP contribution in [0.1, 0.15) is 25.3 Å². The summed E-state index contributed by atoms with van der Waals surface area (Å²) in [4.78, 5) is 10.8. The largest absolute Gasteiger partial charge is 0.303 e. The fourth-order valence-corrected chi connectivity index (χ4v) is 1.60. The Bertz CT molecular complexity index is 294. The molecule has 0 radical (unpaired) electrons.